The first kappa shape index (κ1) is 20.2. The summed E-state index contributed by atoms with van der Waals surface area (Å²) in [5, 5.41) is 7.93. The highest BCUT2D eigenvalue weighted by molar-refractivity contribution is 7.80. The van der Waals surface area contributed by atoms with E-state index < -0.39 is 5.97 Å². The zero-order valence-electron chi connectivity index (χ0n) is 14.5. The number of rotatable bonds is 8. The van der Waals surface area contributed by atoms with Crippen LogP contribution in [0.5, 0.6) is 11.5 Å². The molecule has 1 aromatic carbocycles. The Morgan fingerprint density at radius 2 is 2.00 bits per heavy atom. The molecule has 9 nitrogen and oxygen atoms in total. The minimum absolute atomic E-state index is 0.0371. The van der Waals surface area contributed by atoms with Gasteiger partial charge in [-0.05, 0) is 38.2 Å². The predicted molar refractivity (Wildman–Crippen MR) is 100 cm³/mol. The summed E-state index contributed by atoms with van der Waals surface area (Å²) in [6.45, 7) is 3.44. The Bertz CT molecular complexity index is 690. The molecule has 136 valence electrons. The maximum Gasteiger partial charge on any atom is 0.360 e. The molecule has 0 saturated heterocycles. The van der Waals surface area contributed by atoms with E-state index in [1.54, 1.807) is 32.0 Å². The van der Waals surface area contributed by atoms with Crippen molar-refractivity contribution in [3.63, 3.8) is 0 Å². The number of ether oxygens (including phenoxy) is 3. The van der Waals surface area contributed by atoms with Crippen LogP contribution in [0.25, 0.3) is 0 Å². The third-order valence-corrected chi connectivity index (χ3v) is 2.93. The number of anilines is 1. The molecule has 1 rings (SSSR count). The van der Waals surface area contributed by atoms with Gasteiger partial charge in [0.15, 0.2) is 10.8 Å². The zero-order valence-corrected chi connectivity index (χ0v) is 15.3. The molecule has 0 atom stereocenters. The molecule has 0 aliphatic rings. The van der Waals surface area contributed by atoms with Crippen LogP contribution >= 0.6 is 12.2 Å². The number of carbonyl (C=O) groups excluding carboxylic acids is 1. The van der Waals surface area contributed by atoms with Gasteiger partial charge in [-0.2, -0.15) is 10.2 Å². The summed E-state index contributed by atoms with van der Waals surface area (Å²) in [7, 11) is 3.05. The van der Waals surface area contributed by atoms with Crippen molar-refractivity contribution >= 4 is 40.4 Å². The Morgan fingerprint density at radius 3 is 2.56 bits per heavy atom. The predicted octanol–water partition coefficient (Wildman–Crippen LogP) is 1.24. The molecular weight excluding hydrogens is 346 g/mol. The Kier molecular flexibility index (Phi) is 8.13. The number of nitrogens with two attached hydrogens (primary N) is 1. The fourth-order valence-electron chi connectivity index (χ4n) is 1.68. The lowest BCUT2D eigenvalue weighted by Crippen LogP contribution is -2.30. The van der Waals surface area contributed by atoms with Crippen molar-refractivity contribution in [2.75, 3.05) is 26.3 Å². The lowest BCUT2D eigenvalue weighted by Gasteiger charge is -2.11. The highest BCUT2D eigenvalue weighted by Gasteiger charge is 2.17. The van der Waals surface area contributed by atoms with Crippen LogP contribution in [0.2, 0.25) is 0 Å². The van der Waals surface area contributed by atoms with E-state index in [0.717, 1.165) is 0 Å². The van der Waals surface area contributed by atoms with E-state index in [-0.39, 0.29) is 23.1 Å². The first-order chi connectivity index (χ1) is 11.9. The number of methoxy groups -OCH3 is 2. The Morgan fingerprint density at radius 1 is 1.28 bits per heavy atom. The normalized spacial score (nSPS) is 11.5. The molecule has 0 spiro atoms. The molecule has 25 heavy (non-hydrogen) atoms. The molecule has 0 fully saturated rings. The second kappa shape index (κ2) is 10.1. The SMILES string of the molecule is CCOC(=O)C(=N\Nc1cc(OC)ccc1OC)/C(C)=N\NC(N)=S. The average Bonchev–Trinajstić information content (AvgIpc) is 2.60. The molecule has 0 amide bonds. The number of nitrogens with one attached hydrogen (secondary N) is 2. The molecule has 0 aliphatic heterocycles. The summed E-state index contributed by atoms with van der Waals surface area (Å²) in [5.41, 5.74) is 11.2. The Hall–Kier alpha value is -2.88. The van der Waals surface area contributed by atoms with E-state index in [0.29, 0.717) is 17.2 Å². The molecule has 10 heteroatoms. The number of hydrazone groups is 2. The van der Waals surface area contributed by atoms with Crippen molar-refractivity contribution in [1.82, 2.24) is 5.43 Å². The van der Waals surface area contributed by atoms with Crippen LogP contribution in [-0.2, 0) is 9.53 Å². The summed E-state index contributed by atoms with van der Waals surface area (Å²) in [5.74, 6) is 0.461. The monoisotopic (exact) mass is 367 g/mol. The van der Waals surface area contributed by atoms with Crippen LogP contribution in [-0.4, -0.2) is 43.3 Å². The largest absolute Gasteiger partial charge is 0.497 e. The van der Waals surface area contributed by atoms with Gasteiger partial charge in [-0.15, -0.1) is 0 Å². The van der Waals surface area contributed by atoms with Crippen molar-refractivity contribution in [3.05, 3.63) is 18.2 Å². The summed E-state index contributed by atoms with van der Waals surface area (Å²) < 4.78 is 15.4. The fraction of sp³-hybridized carbons (Fsp3) is 0.333. The van der Waals surface area contributed by atoms with E-state index >= 15 is 0 Å². The molecule has 0 saturated carbocycles. The van der Waals surface area contributed by atoms with Gasteiger partial charge in [-0.3, -0.25) is 10.9 Å². The van der Waals surface area contributed by atoms with Crippen LogP contribution < -0.4 is 26.1 Å². The maximum absolute atomic E-state index is 12.1. The maximum atomic E-state index is 12.1. The highest BCUT2D eigenvalue weighted by Crippen LogP contribution is 2.28. The van der Waals surface area contributed by atoms with Crippen molar-refractivity contribution in [1.29, 1.82) is 0 Å². The van der Waals surface area contributed by atoms with E-state index in [1.165, 1.54) is 14.2 Å². The van der Waals surface area contributed by atoms with Crippen molar-refractivity contribution in [2.45, 2.75) is 13.8 Å². The molecule has 0 heterocycles. The number of thiocarbonyl (C=S) groups is 1. The first-order valence-corrected chi connectivity index (χ1v) is 7.66. The van der Waals surface area contributed by atoms with Gasteiger partial charge in [0.05, 0.1) is 26.5 Å². The zero-order chi connectivity index (χ0) is 18.8. The molecule has 0 bridgehead atoms. The minimum atomic E-state index is -0.650. The van der Waals surface area contributed by atoms with E-state index in [9.17, 15) is 4.79 Å². The van der Waals surface area contributed by atoms with Crippen LogP contribution in [0.1, 0.15) is 13.8 Å². The molecule has 1 aromatic rings. The van der Waals surface area contributed by atoms with Gasteiger partial charge in [0, 0.05) is 6.07 Å². The minimum Gasteiger partial charge on any atom is -0.497 e. The lowest BCUT2D eigenvalue weighted by molar-refractivity contribution is -0.134. The van der Waals surface area contributed by atoms with Crippen molar-refractivity contribution in [3.8, 4) is 11.5 Å². The summed E-state index contributed by atoms with van der Waals surface area (Å²) in [6.07, 6.45) is 0. The third kappa shape index (κ3) is 6.26. The van der Waals surface area contributed by atoms with Crippen LogP contribution in [0, 0.1) is 0 Å². The molecule has 0 radical (unpaired) electrons. The van der Waals surface area contributed by atoms with Gasteiger partial charge in [-0.1, -0.05) is 0 Å². The smallest absolute Gasteiger partial charge is 0.360 e. The van der Waals surface area contributed by atoms with E-state index in [4.69, 9.17) is 19.9 Å². The van der Waals surface area contributed by atoms with Crippen LogP contribution in [0.4, 0.5) is 5.69 Å². The molecule has 4 N–H and O–H groups in total. The first-order valence-electron chi connectivity index (χ1n) is 7.25. The standard InChI is InChI=1S/C15H21N5O4S/c1-5-24-14(21)13(9(2)17-20-15(16)25)19-18-11-8-10(22-3)6-7-12(11)23-4/h6-8,18H,5H2,1-4H3,(H3,16,20,25)/b17-9-,19-13-. The summed E-state index contributed by atoms with van der Waals surface area (Å²) in [4.78, 5) is 12.1. The Labute approximate surface area is 151 Å². The fourth-order valence-corrected chi connectivity index (χ4v) is 1.73. The highest BCUT2D eigenvalue weighted by atomic mass is 32.1. The number of esters is 1. The Balaban J connectivity index is 3.16. The third-order valence-electron chi connectivity index (χ3n) is 2.84. The number of nitrogens with zero attached hydrogens (tertiary/aromatic N) is 2. The van der Waals surface area contributed by atoms with Crippen LogP contribution in [0.3, 0.4) is 0 Å². The van der Waals surface area contributed by atoms with Gasteiger partial charge in [0.25, 0.3) is 0 Å². The number of carbonyl (C=O) groups is 1. The molecule has 0 aromatic heterocycles. The second-order valence-corrected chi connectivity index (χ2v) is 4.97. The van der Waals surface area contributed by atoms with E-state index in [2.05, 4.69) is 33.3 Å². The van der Waals surface area contributed by atoms with Crippen LogP contribution in [0.15, 0.2) is 28.4 Å². The van der Waals surface area contributed by atoms with E-state index in [1.807, 2.05) is 0 Å². The van der Waals surface area contributed by atoms with Crippen molar-refractivity contribution in [2.24, 2.45) is 15.9 Å². The second-order valence-electron chi connectivity index (χ2n) is 4.53. The number of hydrogen-bond donors (Lipinski definition) is 3. The lowest BCUT2D eigenvalue weighted by atomic mass is 10.2. The van der Waals surface area contributed by atoms with Gasteiger partial charge in [0.1, 0.15) is 17.2 Å². The number of benzene rings is 1. The molecule has 0 unspecified atom stereocenters. The topological polar surface area (TPSA) is 120 Å². The number of hydrogen-bond acceptors (Lipinski definition) is 8. The molecular formula is C15H21N5O4S. The van der Waals surface area contributed by atoms with Gasteiger partial charge in [0.2, 0.25) is 0 Å². The van der Waals surface area contributed by atoms with Gasteiger partial charge >= 0.3 is 5.97 Å². The average molecular weight is 367 g/mol. The quantitative estimate of drug-likeness (QED) is 0.272. The summed E-state index contributed by atoms with van der Waals surface area (Å²) >= 11 is 4.68. The van der Waals surface area contributed by atoms with Gasteiger partial charge in [-0.25, -0.2) is 4.79 Å². The molecule has 0 aliphatic carbocycles. The summed E-state index contributed by atoms with van der Waals surface area (Å²) in [6, 6.07) is 5.11. The van der Waals surface area contributed by atoms with Crippen molar-refractivity contribution < 1.29 is 19.0 Å². The van der Waals surface area contributed by atoms with Gasteiger partial charge < -0.3 is 19.9 Å².